The van der Waals surface area contributed by atoms with Gasteiger partial charge in [0.15, 0.2) is 0 Å². The van der Waals surface area contributed by atoms with Gasteiger partial charge in [0, 0.05) is 10.1 Å². The smallest absolute Gasteiger partial charge is 0.225 e. The van der Waals surface area contributed by atoms with Gasteiger partial charge < -0.3 is 0 Å². The van der Waals surface area contributed by atoms with Crippen molar-refractivity contribution in [3.63, 3.8) is 0 Å². The van der Waals surface area contributed by atoms with Crippen LogP contribution in [-0.2, 0) is 10.0 Å². The summed E-state index contributed by atoms with van der Waals surface area (Å²) in [5.41, 5.74) is 1.01. The second-order valence-electron chi connectivity index (χ2n) is 3.42. The Balaban J connectivity index is 2.97. The van der Waals surface area contributed by atoms with Crippen LogP contribution in [0.15, 0.2) is 23.1 Å². The highest BCUT2D eigenvalue weighted by molar-refractivity contribution is 7.89. The fraction of sp³-hybridized carbons (Fsp3) is 0.100. The largest absolute Gasteiger partial charge is 0.240 e. The Labute approximate surface area is 97.0 Å². The maximum Gasteiger partial charge on any atom is 0.240 e. The number of hydrogen-bond acceptors (Lipinski definition) is 4. The number of fused-ring (bicyclic) bond motifs is 1. The van der Waals surface area contributed by atoms with E-state index in [-0.39, 0.29) is 9.77 Å². The molecule has 0 radical (unpaired) electrons. The second-order valence-corrected chi connectivity index (χ2v) is 5.97. The number of benzene rings is 1. The van der Waals surface area contributed by atoms with Gasteiger partial charge in [0.25, 0.3) is 0 Å². The van der Waals surface area contributed by atoms with E-state index in [1.165, 1.54) is 0 Å². The highest BCUT2D eigenvalue weighted by Gasteiger charge is 2.21. The first-order chi connectivity index (χ1) is 7.43. The van der Waals surface area contributed by atoms with Crippen LogP contribution in [0.5, 0.6) is 0 Å². The lowest BCUT2D eigenvalue weighted by molar-refractivity contribution is 0.598. The van der Waals surface area contributed by atoms with E-state index in [0.29, 0.717) is 5.39 Å². The van der Waals surface area contributed by atoms with Crippen LogP contribution < -0.4 is 5.14 Å². The number of nitriles is 1. The van der Waals surface area contributed by atoms with Crippen molar-refractivity contribution >= 4 is 31.4 Å². The quantitative estimate of drug-likeness (QED) is 0.838. The first kappa shape index (κ1) is 11.1. The number of rotatable bonds is 1. The first-order valence-corrected chi connectivity index (χ1v) is 6.76. The van der Waals surface area contributed by atoms with Crippen LogP contribution in [0.25, 0.3) is 10.1 Å². The lowest BCUT2D eigenvalue weighted by atomic mass is 10.2. The minimum absolute atomic E-state index is 0.0602. The van der Waals surface area contributed by atoms with E-state index in [4.69, 9.17) is 10.4 Å². The van der Waals surface area contributed by atoms with Gasteiger partial charge in [-0.1, -0.05) is 12.1 Å². The number of aryl methyl sites for hydroxylation is 1. The van der Waals surface area contributed by atoms with E-state index in [1.54, 1.807) is 12.1 Å². The number of nitrogens with two attached hydrogens (primary N) is 1. The summed E-state index contributed by atoms with van der Waals surface area (Å²) in [6.45, 7) is 1.90. The molecule has 0 bridgehead atoms. The van der Waals surface area contributed by atoms with Gasteiger partial charge in [-0.05, 0) is 18.6 Å². The SMILES string of the molecule is Cc1ccc2c(S(N)(=O)=O)c(C#N)sc2c1. The molecule has 1 heterocycles. The average Bonchev–Trinajstić information content (AvgIpc) is 2.54. The number of thiophene rings is 1. The van der Waals surface area contributed by atoms with Crippen LogP contribution in [0.2, 0.25) is 0 Å². The van der Waals surface area contributed by atoms with Gasteiger partial charge in [-0.2, -0.15) is 5.26 Å². The van der Waals surface area contributed by atoms with Crippen molar-refractivity contribution in [1.29, 1.82) is 5.26 Å². The molecule has 16 heavy (non-hydrogen) atoms. The Morgan fingerprint density at radius 1 is 1.44 bits per heavy atom. The van der Waals surface area contributed by atoms with Gasteiger partial charge in [-0.15, -0.1) is 11.3 Å². The van der Waals surface area contributed by atoms with Crippen molar-refractivity contribution in [3.05, 3.63) is 28.6 Å². The van der Waals surface area contributed by atoms with E-state index in [0.717, 1.165) is 21.6 Å². The molecule has 82 valence electrons. The molecule has 0 atom stereocenters. The molecule has 2 aromatic rings. The van der Waals surface area contributed by atoms with Crippen molar-refractivity contribution in [3.8, 4) is 6.07 Å². The highest BCUT2D eigenvalue weighted by Crippen LogP contribution is 2.33. The molecule has 0 saturated carbocycles. The summed E-state index contributed by atoms with van der Waals surface area (Å²) in [4.78, 5) is 0.0816. The van der Waals surface area contributed by atoms with Gasteiger partial charge in [0.2, 0.25) is 10.0 Å². The highest BCUT2D eigenvalue weighted by atomic mass is 32.2. The Morgan fingerprint density at radius 3 is 2.69 bits per heavy atom. The third-order valence-corrected chi connectivity index (χ3v) is 4.37. The molecule has 0 spiro atoms. The summed E-state index contributed by atoms with van der Waals surface area (Å²) in [5, 5.41) is 14.5. The zero-order chi connectivity index (χ0) is 11.9. The number of nitrogens with zero attached hydrogens (tertiary/aromatic N) is 1. The van der Waals surface area contributed by atoms with E-state index < -0.39 is 10.0 Å². The predicted octanol–water partition coefficient (Wildman–Crippen LogP) is 1.73. The van der Waals surface area contributed by atoms with E-state index >= 15 is 0 Å². The molecular weight excluding hydrogens is 244 g/mol. The van der Waals surface area contributed by atoms with Crippen LogP contribution in [-0.4, -0.2) is 8.42 Å². The summed E-state index contributed by atoms with van der Waals surface area (Å²) in [6.07, 6.45) is 0. The third-order valence-electron chi connectivity index (χ3n) is 2.19. The molecule has 1 aromatic carbocycles. The predicted molar refractivity (Wildman–Crippen MR) is 62.7 cm³/mol. The Hall–Kier alpha value is -1.42. The zero-order valence-electron chi connectivity index (χ0n) is 8.39. The van der Waals surface area contributed by atoms with Crippen molar-refractivity contribution in [2.75, 3.05) is 0 Å². The minimum Gasteiger partial charge on any atom is -0.225 e. The monoisotopic (exact) mass is 252 g/mol. The summed E-state index contributed by atoms with van der Waals surface area (Å²) >= 11 is 1.14. The maximum absolute atomic E-state index is 11.4. The standard InChI is InChI=1S/C10H8N2O2S2/c1-6-2-3-7-8(4-6)15-9(5-11)10(7)16(12,13)14/h2-4H,1H3,(H2,12,13,14). The zero-order valence-corrected chi connectivity index (χ0v) is 10.0. The number of hydrogen-bond donors (Lipinski definition) is 1. The Morgan fingerprint density at radius 2 is 2.12 bits per heavy atom. The molecule has 2 N–H and O–H groups in total. The molecule has 0 saturated heterocycles. The molecular formula is C10H8N2O2S2. The fourth-order valence-electron chi connectivity index (χ4n) is 1.54. The van der Waals surface area contributed by atoms with Gasteiger partial charge in [0.1, 0.15) is 15.8 Å². The van der Waals surface area contributed by atoms with Gasteiger partial charge >= 0.3 is 0 Å². The molecule has 0 aliphatic rings. The molecule has 0 aliphatic heterocycles. The topological polar surface area (TPSA) is 84.0 Å². The summed E-state index contributed by atoms with van der Waals surface area (Å²) in [7, 11) is -3.85. The maximum atomic E-state index is 11.4. The van der Waals surface area contributed by atoms with Crippen molar-refractivity contribution in [1.82, 2.24) is 0 Å². The summed E-state index contributed by atoms with van der Waals surface area (Å²) in [6, 6.07) is 7.19. The Bertz CT molecular complexity index is 708. The molecule has 2 rings (SSSR count). The molecule has 0 unspecified atom stereocenters. The van der Waals surface area contributed by atoms with Crippen LogP contribution in [0.4, 0.5) is 0 Å². The van der Waals surface area contributed by atoms with Crippen molar-refractivity contribution in [2.24, 2.45) is 5.14 Å². The Kier molecular flexibility index (Phi) is 2.46. The molecule has 1 aromatic heterocycles. The summed E-state index contributed by atoms with van der Waals surface area (Å²) in [5.74, 6) is 0. The van der Waals surface area contributed by atoms with E-state index in [2.05, 4.69) is 0 Å². The first-order valence-electron chi connectivity index (χ1n) is 4.39. The molecule has 0 aliphatic carbocycles. The van der Waals surface area contributed by atoms with Gasteiger partial charge in [0.05, 0.1) is 0 Å². The lowest BCUT2D eigenvalue weighted by Crippen LogP contribution is -2.12. The fourth-order valence-corrected chi connectivity index (χ4v) is 3.86. The molecule has 0 amide bonds. The van der Waals surface area contributed by atoms with Crippen LogP contribution >= 0.6 is 11.3 Å². The average molecular weight is 252 g/mol. The van der Waals surface area contributed by atoms with Gasteiger partial charge in [-0.25, -0.2) is 13.6 Å². The van der Waals surface area contributed by atoms with Crippen LogP contribution in [0, 0.1) is 18.3 Å². The van der Waals surface area contributed by atoms with Crippen LogP contribution in [0.3, 0.4) is 0 Å². The van der Waals surface area contributed by atoms with E-state index in [9.17, 15) is 8.42 Å². The van der Waals surface area contributed by atoms with Crippen LogP contribution in [0.1, 0.15) is 10.4 Å². The molecule has 4 nitrogen and oxygen atoms in total. The normalized spacial score (nSPS) is 11.6. The third kappa shape index (κ3) is 1.69. The minimum atomic E-state index is -3.85. The second kappa shape index (κ2) is 3.56. The van der Waals surface area contributed by atoms with Crippen molar-refractivity contribution < 1.29 is 8.42 Å². The summed E-state index contributed by atoms with van der Waals surface area (Å²) < 4.78 is 23.6. The lowest BCUT2D eigenvalue weighted by Gasteiger charge is -1.97. The number of primary sulfonamides is 1. The van der Waals surface area contributed by atoms with Crippen molar-refractivity contribution in [2.45, 2.75) is 11.8 Å². The number of sulfonamides is 1. The molecule has 6 heteroatoms. The van der Waals surface area contributed by atoms with E-state index in [1.807, 2.05) is 19.1 Å². The molecule has 0 fully saturated rings. The van der Waals surface area contributed by atoms with Gasteiger partial charge in [-0.3, -0.25) is 0 Å².